The van der Waals surface area contributed by atoms with Crippen molar-refractivity contribution in [3.63, 3.8) is 0 Å². The molecular weight excluding hydrogens is 301 g/mol. The Kier molecular flexibility index (Phi) is 3.96. The lowest BCUT2D eigenvalue weighted by molar-refractivity contribution is 0.103. The minimum Gasteiger partial charge on any atom is -0.504 e. The number of carbonyl (C=O) groups excluding carboxylic acids is 1. The largest absolute Gasteiger partial charge is 0.504 e. The third-order valence-electron chi connectivity index (χ3n) is 3.12. The molecule has 1 aromatic carbocycles. The molecule has 3 rings (SSSR count). The number of aliphatic hydroxyl groups is 1. The van der Waals surface area contributed by atoms with Gasteiger partial charge in [0, 0.05) is 12.3 Å². The number of benzene rings is 1. The fourth-order valence-electron chi connectivity index (χ4n) is 2.07. The standard InChI is InChI=1S/C15H12FN5O2/c16-11-3-1-2-10(6-11)8-21-12(4-5-19-21)13(22)7-14(23)15-17-9-18-20-15/h1-7,9,23H,8H2,(H,17,18,20). The summed E-state index contributed by atoms with van der Waals surface area (Å²) in [6.45, 7) is 0.239. The minimum absolute atomic E-state index is 0.0922. The highest BCUT2D eigenvalue weighted by molar-refractivity contribution is 6.06. The van der Waals surface area contributed by atoms with Crippen molar-refractivity contribution in [3.8, 4) is 0 Å². The van der Waals surface area contributed by atoms with Crippen LogP contribution in [0.2, 0.25) is 0 Å². The molecule has 7 nitrogen and oxygen atoms in total. The van der Waals surface area contributed by atoms with Gasteiger partial charge in [0.1, 0.15) is 17.8 Å². The number of hydrogen-bond donors (Lipinski definition) is 2. The van der Waals surface area contributed by atoms with Gasteiger partial charge in [-0.25, -0.2) is 9.37 Å². The van der Waals surface area contributed by atoms with Crippen LogP contribution in [-0.2, 0) is 6.54 Å². The van der Waals surface area contributed by atoms with Gasteiger partial charge in [-0.3, -0.25) is 14.6 Å². The molecule has 0 spiro atoms. The number of ketones is 1. The van der Waals surface area contributed by atoms with E-state index < -0.39 is 5.78 Å². The van der Waals surface area contributed by atoms with E-state index in [0.717, 1.165) is 6.08 Å². The van der Waals surface area contributed by atoms with E-state index in [0.29, 0.717) is 5.56 Å². The summed E-state index contributed by atoms with van der Waals surface area (Å²) in [5.74, 6) is -1.04. The number of aromatic nitrogens is 5. The van der Waals surface area contributed by atoms with E-state index in [1.54, 1.807) is 12.1 Å². The van der Waals surface area contributed by atoms with Crippen LogP contribution >= 0.6 is 0 Å². The molecule has 3 aromatic rings. The summed E-state index contributed by atoms with van der Waals surface area (Å²) in [5.41, 5.74) is 0.937. The van der Waals surface area contributed by atoms with Crippen molar-refractivity contribution in [3.05, 3.63) is 71.8 Å². The van der Waals surface area contributed by atoms with Crippen molar-refractivity contribution in [1.29, 1.82) is 0 Å². The highest BCUT2D eigenvalue weighted by atomic mass is 19.1. The molecule has 0 unspecified atom stereocenters. The molecule has 0 aliphatic heterocycles. The number of aromatic amines is 1. The SMILES string of the molecule is O=C(C=C(O)c1ncn[nH]1)c1ccnn1Cc1cccc(F)c1. The zero-order valence-corrected chi connectivity index (χ0v) is 11.8. The maximum atomic E-state index is 13.2. The van der Waals surface area contributed by atoms with Crippen LogP contribution in [0.5, 0.6) is 0 Å². The molecule has 116 valence electrons. The normalized spacial score (nSPS) is 11.6. The summed E-state index contributed by atoms with van der Waals surface area (Å²) in [7, 11) is 0. The first-order valence-electron chi connectivity index (χ1n) is 6.70. The lowest BCUT2D eigenvalue weighted by Crippen LogP contribution is -2.10. The number of carbonyl (C=O) groups is 1. The van der Waals surface area contributed by atoms with E-state index in [1.165, 1.54) is 35.4 Å². The second-order valence-electron chi connectivity index (χ2n) is 4.73. The number of H-pyrrole nitrogens is 1. The molecule has 0 amide bonds. The summed E-state index contributed by atoms with van der Waals surface area (Å²) in [6, 6.07) is 7.56. The van der Waals surface area contributed by atoms with Crippen LogP contribution in [0.1, 0.15) is 21.9 Å². The molecule has 0 radical (unpaired) electrons. The van der Waals surface area contributed by atoms with Gasteiger partial charge in [0.05, 0.1) is 6.54 Å². The van der Waals surface area contributed by atoms with Crippen molar-refractivity contribution in [2.45, 2.75) is 6.54 Å². The van der Waals surface area contributed by atoms with E-state index in [2.05, 4.69) is 20.3 Å². The first kappa shape index (κ1) is 14.6. The highest BCUT2D eigenvalue weighted by Gasteiger charge is 2.13. The summed E-state index contributed by atoms with van der Waals surface area (Å²) >= 11 is 0. The van der Waals surface area contributed by atoms with Gasteiger partial charge in [-0.15, -0.1) is 0 Å². The van der Waals surface area contributed by atoms with Crippen LogP contribution in [-0.4, -0.2) is 35.9 Å². The first-order valence-corrected chi connectivity index (χ1v) is 6.70. The zero-order valence-electron chi connectivity index (χ0n) is 11.8. The second kappa shape index (κ2) is 6.22. The number of nitrogens with one attached hydrogen (secondary N) is 1. The summed E-state index contributed by atoms with van der Waals surface area (Å²) in [6.07, 6.45) is 3.71. The molecule has 0 aliphatic carbocycles. The minimum atomic E-state index is -0.451. The smallest absolute Gasteiger partial charge is 0.207 e. The number of rotatable bonds is 5. The van der Waals surface area contributed by atoms with Gasteiger partial charge in [0.25, 0.3) is 0 Å². The molecular formula is C15H12FN5O2. The van der Waals surface area contributed by atoms with Gasteiger partial charge in [0.2, 0.25) is 5.78 Å². The highest BCUT2D eigenvalue weighted by Crippen LogP contribution is 2.11. The third-order valence-corrected chi connectivity index (χ3v) is 3.12. The number of nitrogens with zero attached hydrogens (tertiary/aromatic N) is 4. The predicted octanol–water partition coefficient (Wildman–Crippen LogP) is 1.97. The van der Waals surface area contributed by atoms with Gasteiger partial charge in [-0.1, -0.05) is 12.1 Å². The number of allylic oxidation sites excluding steroid dienone is 1. The van der Waals surface area contributed by atoms with Crippen LogP contribution in [0.25, 0.3) is 5.76 Å². The van der Waals surface area contributed by atoms with E-state index >= 15 is 0 Å². The monoisotopic (exact) mass is 313 g/mol. The Morgan fingerprint density at radius 2 is 2.26 bits per heavy atom. The van der Waals surface area contributed by atoms with Gasteiger partial charge in [0.15, 0.2) is 11.6 Å². The van der Waals surface area contributed by atoms with Crippen molar-refractivity contribution in [2.24, 2.45) is 0 Å². The molecule has 2 aromatic heterocycles. The lowest BCUT2D eigenvalue weighted by Gasteiger charge is -2.06. The molecule has 0 saturated heterocycles. The van der Waals surface area contributed by atoms with Crippen molar-refractivity contribution in [2.75, 3.05) is 0 Å². The summed E-state index contributed by atoms with van der Waals surface area (Å²) in [5, 5.41) is 19.9. The molecule has 8 heteroatoms. The van der Waals surface area contributed by atoms with Gasteiger partial charge in [-0.2, -0.15) is 10.2 Å². The van der Waals surface area contributed by atoms with Gasteiger partial charge in [-0.05, 0) is 23.8 Å². The topological polar surface area (TPSA) is 96.7 Å². The van der Waals surface area contributed by atoms with Crippen molar-refractivity contribution < 1.29 is 14.3 Å². The average molecular weight is 313 g/mol. The van der Waals surface area contributed by atoms with Crippen LogP contribution in [0.4, 0.5) is 4.39 Å². The Labute approximate surface area is 130 Å². The lowest BCUT2D eigenvalue weighted by atomic mass is 10.2. The molecule has 0 saturated carbocycles. The molecule has 0 fully saturated rings. The Hall–Kier alpha value is -3.29. The maximum Gasteiger partial charge on any atom is 0.207 e. The zero-order chi connectivity index (χ0) is 16.2. The van der Waals surface area contributed by atoms with Crippen LogP contribution in [0.3, 0.4) is 0 Å². The molecule has 0 aliphatic rings. The first-order chi connectivity index (χ1) is 11.1. The fourth-order valence-corrected chi connectivity index (χ4v) is 2.07. The Balaban J connectivity index is 1.83. The third kappa shape index (κ3) is 3.31. The Bertz CT molecular complexity index is 854. The molecule has 0 bridgehead atoms. The maximum absolute atomic E-state index is 13.2. The van der Waals surface area contributed by atoms with E-state index in [1.807, 2.05) is 0 Å². The van der Waals surface area contributed by atoms with Crippen LogP contribution < -0.4 is 0 Å². The van der Waals surface area contributed by atoms with Gasteiger partial charge >= 0.3 is 0 Å². The molecule has 2 heterocycles. The summed E-state index contributed by atoms with van der Waals surface area (Å²) < 4.78 is 14.7. The number of halogens is 1. The van der Waals surface area contributed by atoms with E-state index in [-0.39, 0.29) is 29.6 Å². The van der Waals surface area contributed by atoms with Crippen LogP contribution in [0, 0.1) is 5.82 Å². The van der Waals surface area contributed by atoms with Crippen molar-refractivity contribution in [1.82, 2.24) is 25.0 Å². The summed E-state index contributed by atoms with van der Waals surface area (Å²) in [4.78, 5) is 16.0. The number of aliphatic hydroxyl groups excluding tert-OH is 1. The van der Waals surface area contributed by atoms with Gasteiger partial charge < -0.3 is 5.11 Å². The average Bonchev–Trinajstić information content (AvgIpc) is 3.18. The number of hydrogen-bond acceptors (Lipinski definition) is 5. The van der Waals surface area contributed by atoms with Crippen LogP contribution in [0.15, 0.2) is 48.9 Å². The fraction of sp³-hybridized carbons (Fsp3) is 0.0667. The quantitative estimate of drug-likeness (QED) is 0.426. The predicted molar refractivity (Wildman–Crippen MR) is 79.0 cm³/mol. The molecule has 0 atom stereocenters. The molecule has 2 N–H and O–H groups in total. The van der Waals surface area contributed by atoms with E-state index in [4.69, 9.17) is 0 Å². The second-order valence-corrected chi connectivity index (χ2v) is 4.73. The Morgan fingerprint density at radius 1 is 1.39 bits per heavy atom. The Morgan fingerprint density at radius 3 is 3.00 bits per heavy atom. The van der Waals surface area contributed by atoms with E-state index in [9.17, 15) is 14.3 Å². The molecule has 23 heavy (non-hydrogen) atoms. The van der Waals surface area contributed by atoms with Crippen molar-refractivity contribution >= 4 is 11.5 Å².